The zero-order valence-electron chi connectivity index (χ0n) is 18.7. The minimum Gasteiger partial charge on any atom is -0.421 e. The van der Waals surface area contributed by atoms with E-state index in [0.717, 1.165) is 15.6 Å². The van der Waals surface area contributed by atoms with Gasteiger partial charge in [-0.15, -0.1) is 10.2 Å². The summed E-state index contributed by atoms with van der Waals surface area (Å²) >= 11 is 6.78. The maximum Gasteiger partial charge on any atom is 0.349 e. The number of hydrogen-bond donors (Lipinski definition) is 1. The molecule has 9 nitrogen and oxygen atoms in total. The number of amides is 1. The summed E-state index contributed by atoms with van der Waals surface area (Å²) < 4.78 is 8.44. The zero-order chi connectivity index (χ0) is 25.5. The Bertz CT molecular complexity index is 1890. The molecule has 0 saturated carbocycles. The smallest absolute Gasteiger partial charge is 0.349 e. The topological polar surface area (TPSA) is 115 Å². The molecule has 0 unspecified atom stereocenters. The lowest BCUT2D eigenvalue weighted by molar-refractivity contribution is 0.102. The van der Waals surface area contributed by atoms with Crippen LogP contribution in [-0.2, 0) is 0 Å². The van der Waals surface area contributed by atoms with Gasteiger partial charge >= 0.3 is 5.63 Å². The molecule has 4 aromatic heterocycles. The van der Waals surface area contributed by atoms with Crippen molar-refractivity contribution in [3.8, 4) is 22.6 Å². The van der Waals surface area contributed by atoms with Gasteiger partial charge in [0.1, 0.15) is 5.56 Å². The number of rotatable bonds is 4. The molecule has 4 heterocycles. The number of hydrogen-bond acceptors (Lipinski definition) is 7. The number of nitrogens with one attached hydrogen (secondary N) is 1. The predicted molar refractivity (Wildman–Crippen MR) is 145 cm³/mol. The van der Waals surface area contributed by atoms with Crippen LogP contribution in [0.5, 0.6) is 0 Å². The highest BCUT2D eigenvalue weighted by Crippen LogP contribution is 2.28. The molecule has 6 aromatic rings. The average Bonchev–Trinajstić information content (AvgIpc) is 3.33. The summed E-state index contributed by atoms with van der Waals surface area (Å²) in [4.78, 5) is 29.7. The molecule has 6 rings (SSSR count). The molecule has 37 heavy (non-hydrogen) atoms. The Labute approximate surface area is 225 Å². The van der Waals surface area contributed by atoms with Crippen LogP contribution >= 0.6 is 31.9 Å². The molecule has 0 fully saturated rings. The van der Waals surface area contributed by atoms with Crippen molar-refractivity contribution in [2.45, 2.75) is 0 Å². The highest BCUT2D eigenvalue weighted by molar-refractivity contribution is 9.11. The summed E-state index contributed by atoms with van der Waals surface area (Å²) in [5, 5.41) is 16.5. The van der Waals surface area contributed by atoms with Crippen molar-refractivity contribution in [1.82, 2.24) is 24.8 Å². The molecular formula is C26H14Br2N6O3. The van der Waals surface area contributed by atoms with Gasteiger partial charge < -0.3 is 9.73 Å². The summed E-state index contributed by atoms with van der Waals surface area (Å²) in [6.07, 6.45) is 3.38. The maximum atomic E-state index is 13.0. The van der Waals surface area contributed by atoms with E-state index < -0.39 is 11.5 Å². The van der Waals surface area contributed by atoms with E-state index in [1.165, 1.54) is 6.07 Å². The van der Waals surface area contributed by atoms with Gasteiger partial charge in [0.05, 0.1) is 10.2 Å². The number of fused-ring (bicyclic) bond motifs is 2. The lowest BCUT2D eigenvalue weighted by atomic mass is 10.1. The Morgan fingerprint density at radius 3 is 2.65 bits per heavy atom. The van der Waals surface area contributed by atoms with Crippen LogP contribution in [0.25, 0.3) is 39.3 Å². The van der Waals surface area contributed by atoms with Gasteiger partial charge in [0, 0.05) is 39.1 Å². The fourth-order valence-electron chi connectivity index (χ4n) is 3.89. The van der Waals surface area contributed by atoms with E-state index in [9.17, 15) is 9.59 Å². The number of halogens is 2. The molecule has 0 spiro atoms. The molecule has 1 amide bonds. The van der Waals surface area contributed by atoms with Crippen molar-refractivity contribution in [3.05, 3.63) is 104 Å². The Morgan fingerprint density at radius 2 is 1.81 bits per heavy atom. The van der Waals surface area contributed by atoms with Gasteiger partial charge in [-0.05, 0) is 70.5 Å². The third kappa shape index (κ3) is 4.43. The van der Waals surface area contributed by atoms with E-state index >= 15 is 0 Å². The van der Waals surface area contributed by atoms with Crippen LogP contribution in [0, 0.1) is 0 Å². The molecule has 0 radical (unpaired) electrons. The van der Waals surface area contributed by atoms with Gasteiger partial charge in [0.2, 0.25) is 0 Å². The lowest BCUT2D eigenvalue weighted by Gasteiger charge is -2.08. The monoisotopic (exact) mass is 616 g/mol. The summed E-state index contributed by atoms with van der Waals surface area (Å²) in [6.45, 7) is 0. The van der Waals surface area contributed by atoms with Crippen molar-refractivity contribution < 1.29 is 9.21 Å². The fourth-order valence-corrected chi connectivity index (χ4v) is 5.23. The second kappa shape index (κ2) is 9.34. The highest BCUT2D eigenvalue weighted by atomic mass is 79.9. The Hall–Kier alpha value is -4.22. The van der Waals surface area contributed by atoms with Crippen LogP contribution in [-0.4, -0.2) is 30.7 Å². The van der Waals surface area contributed by atoms with Crippen molar-refractivity contribution in [3.63, 3.8) is 0 Å². The van der Waals surface area contributed by atoms with Gasteiger partial charge in [-0.25, -0.2) is 4.79 Å². The second-order valence-electron chi connectivity index (χ2n) is 8.04. The second-order valence-corrected chi connectivity index (χ2v) is 9.81. The molecule has 0 aliphatic carbocycles. The zero-order valence-corrected chi connectivity index (χ0v) is 21.9. The molecule has 180 valence electrons. The Balaban J connectivity index is 1.33. The number of carbonyl (C=O) groups is 1. The maximum absolute atomic E-state index is 13.0. The molecular weight excluding hydrogens is 604 g/mol. The quantitative estimate of drug-likeness (QED) is 0.251. The van der Waals surface area contributed by atoms with Gasteiger partial charge in [0.15, 0.2) is 17.1 Å². The van der Waals surface area contributed by atoms with Crippen LogP contribution < -0.4 is 10.9 Å². The van der Waals surface area contributed by atoms with Crippen LogP contribution in [0.4, 0.5) is 5.69 Å². The van der Waals surface area contributed by atoms with Crippen LogP contribution in [0.1, 0.15) is 10.4 Å². The molecule has 11 heteroatoms. The minimum absolute atomic E-state index is 0.104. The van der Waals surface area contributed by atoms with Crippen LogP contribution in [0.15, 0.2) is 97.3 Å². The number of anilines is 1. The van der Waals surface area contributed by atoms with E-state index in [2.05, 4.69) is 52.4 Å². The molecule has 0 aliphatic heterocycles. The molecule has 0 atom stereocenters. The van der Waals surface area contributed by atoms with E-state index in [0.29, 0.717) is 38.3 Å². The van der Waals surface area contributed by atoms with Crippen molar-refractivity contribution >= 4 is 60.1 Å². The average molecular weight is 618 g/mol. The van der Waals surface area contributed by atoms with Gasteiger partial charge in [-0.3, -0.25) is 9.78 Å². The molecule has 0 bridgehead atoms. The first kappa shape index (κ1) is 23.2. The van der Waals surface area contributed by atoms with Crippen molar-refractivity contribution in [2.75, 3.05) is 5.32 Å². The lowest BCUT2D eigenvalue weighted by Crippen LogP contribution is -2.20. The van der Waals surface area contributed by atoms with Crippen molar-refractivity contribution in [1.29, 1.82) is 0 Å². The van der Waals surface area contributed by atoms with Crippen LogP contribution in [0.3, 0.4) is 0 Å². The first-order valence-corrected chi connectivity index (χ1v) is 12.5. The SMILES string of the molecule is O=C(Nc1cccc(-c2ccc3nnc(-c4cccnc4)n3n2)c1)c1cc2cc(Br)cc(Br)c2oc1=O. The minimum atomic E-state index is -0.730. The third-order valence-corrected chi connectivity index (χ3v) is 6.64. The summed E-state index contributed by atoms with van der Waals surface area (Å²) in [6, 6.07) is 19.6. The largest absolute Gasteiger partial charge is 0.421 e. The Morgan fingerprint density at radius 1 is 0.946 bits per heavy atom. The van der Waals surface area contributed by atoms with Crippen LogP contribution in [0.2, 0.25) is 0 Å². The van der Waals surface area contributed by atoms with E-state index in [1.807, 2.05) is 30.3 Å². The van der Waals surface area contributed by atoms with Gasteiger partial charge in [-0.2, -0.15) is 9.61 Å². The number of pyridine rings is 1. The van der Waals surface area contributed by atoms with E-state index in [4.69, 9.17) is 9.52 Å². The van der Waals surface area contributed by atoms with Crippen molar-refractivity contribution in [2.24, 2.45) is 0 Å². The first-order valence-electron chi connectivity index (χ1n) is 10.9. The predicted octanol–water partition coefficient (Wildman–Crippen LogP) is 5.74. The van der Waals surface area contributed by atoms with Gasteiger partial charge in [-0.1, -0.05) is 28.1 Å². The molecule has 2 aromatic carbocycles. The third-order valence-electron chi connectivity index (χ3n) is 5.60. The molecule has 1 N–H and O–H groups in total. The number of aromatic nitrogens is 5. The number of carbonyl (C=O) groups excluding carboxylic acids is 1. The number of nitrogens with zero attached hydrogens (tertiary/aromatic N) is 5. The summed E-state index contributed by atoms with van der Waals surface area (Å²) in [5.41, 5.74) is 2.81. The highest BCUT2D eigenvalue weighted by Gasteiger charge is 2.17. The Kier molecular flexibility index (Phi) is 5.85. The number of benzene rings is 2. The van der Waals surface area contributed by atoms with E-state index in [-0.39, 0.29) is 5.56 Å². The standard InChI is InChI=1S/C26H14Br2N6O3/c27-17-9-16-11-19(26(36)37-23(16)20(28)12-17)25(35)30-18-5-1-3-14(10-18)21-6-7-22-31-32-24(34(22)33-21)15-4-2-8-29-13-15/h1-13H,(H,30,35). The fraction of sp³-hybridized carbons (Fsp3) is 0. The molecule has 0 aliphatic rings. The first-order chi connectivity index (χ1) is 18.0. The molecule has 0 saturated heterocycles. The normalized spacial score (nSPS) is 11.2. The summed E-state index contributed by atoms with van der Waals surface area (Å²) in [5.74, 6) is -0.0132. The summed E-state index contributed by atoms with van der Waals surface area (Å²) in [7, 11) is 0. The van der Waals surface area contributed by atoms with Gasteiger partial charge in [0.25, 0.3) is 5.91 Å². The van der Waals surface area contributed by atoms with E-state index in [1.54, 1.807) is 47.2 Å².